The smallest absolute Gasteiger partial charge is 0.255 e. The van der Waals surface area contributed by atoms with Gasteiger partial charge in [0.15, 0.2) is 0 Å². The van der Waals surface area contributed by atoms with Gasteiger partial charge in [0.05, 0.1) is 12.5 Å². The number of likely N-dealkylation sites (tertiary alicyclic amines) is 1. The predicted molar refractivity (Wildman–Crippen MR) is 125 cm³/mol. The molecule has 1 aliphatic rings. The summed E-state index contributed by atoms with van der Waals surface area (Å²) in [6.45, 7) is 4.19. The number of hydrogen-bond donors (Lipinski definition) is 2. The zero-order chi connectivity index (χ0) is 22.5. The van der Waals surface area contributed by atoms with Gasteiger partial charge >= 0.3 is 0 Å². The normalized spacial score (nSPS) is 14.9. The zero-order valence-electron chi connectivity index (χ0n) is 18.0. The lowest BCUT2D eigenvalue weighted by molar-refractivity contribution is -0.120. The molecule has 3 heterocycles. The number of pyridine rings is 1. The summed E-state index contributed by atoms with van der Waals surface area (Å²) in [4.78, 5) is 39.1. The Hall–Kier alpha value is -3.03. The van der Waals surface area contributed by atoms with Crippen molar-refractivity contribution in [3.63, 3.8) is 0 Å². The Labute approximate surface area is 191 Å². The molecule has 1 aromatic carbocycles. The first-order valence-electron chi connectivity index (χ1n) is 10.8. The van der Waals surface area contributed by atoms with Gasteiger partial charge in [0.25, 0.3) is 5.56 Å². The molecule has 2 N–H and O–H groups in total. The molecule has 7 nitrogen and oxygen atoms in total. The molecule has 4 rings (SSSR count). The lowest BCUT2D eigenvalue weighted by Crippen LogP contribution is -2.38. The Balaban J connectivity index is 1.46. The van der Waals surface area contributed by atoms with Gasteiger partial charge in [-0.3, -0.25) is 19.5 Å². The van der Waals surface area contributed by atoms with Crippen molar-refractivity contribution >= 4 is 17.5 Å². The van der Waals surface area contributed by atoms with Crippen LogP contribution in [0.1, 0.15) is 35.7 Å². The van der Waals surface area contributed by atoms with Crippen LogP contribution in [0.5, 0.6) is 0 Å². The van der Waals surface area contributed by atoms with Gasteiger partial charge in [-0.2, -0.15) is 0 Å². The molecule has 0 spiro atoms. The maximum atomic E-state index is 12.7. The molecule has 1 aliphatic heterocycles. The van der Waals surface area contributed by atoms with Crippen LogP contribution in [0.15, 0.2) is 53.6 Å². The Bertz CT molecular complexity index is 1140. The van der Waals surface area contributed by atoms with Crippen molar-refractivity contribution < 1.29 is 4.79 Å². The van der Waals surface area contributed by atoms with Gasteiger partial charge in [-0.25, -0.2) is 4.98 Å². The van der Waals surface area contributed by atoms with E-state index < -0.39 is 0 Å². The Morgan fingerprint density at radius 3 is 2.75 bits per heavy atom. The molecule has 0 saturated carbocycles. The summed E-state index contributed by atoms with van der Waals surface area (Å²) in [6, 6.07) is 11.4. The first-order valence-corrected chi connectivity index (χ1v) is 11.2. The summed E-state index contributed by atoms with van der Waals surface area (Å²) in [5, 5.41) is 3.69. The van der Waals surface area contributed by atoms with Crippen molar-refractivity contribution in [2.75, 3.05) is 19.6 Å². The quantitative estimate of drug-likeness (QED) is 0.575. The van der Waals surface area contributed by atoms with Crippen LogP contribution in [-0.4, -0.2) is 45.4 Å². The summed E-state index contributed by atoms with van der Waals surface area (Å²) in [7, 11) is 0. The van der Waals surface area contributed by atoms with Gasteiger partial charge in [0.2, 0.25) is 5.91 Å². The van der Waals surface area contributed by atoms with E-state index in [-0.39, 0.29) is 23.9 Å². The molecule has 0 radical (unpaired) electrons. The number of aromatic amines is 1. The van der Waals surface area contributed by atoms with Gasteiger partial charge in [-0.15, -0.1) is 0 Å². The highest BCUT2D eigenvalue weighted by molar-refractivity contribution is 6.30. The minimum Gasteiger partial charge on any atom is -0.354 e. The van der Waals surface area contributed by atoms with Crippen LogP contribution < -0.4 is 10.9 Å². The van der Waals surface area contributed by atoms with Crippen LogP contribution in [0.3, 0.4) is 0 Å². The van der Waals surface area contributed by atoms with E-state index in [0.29, 0.717) is 28.6 Å². The summed E-state index contributed by atoms with van der Waals surface area (Å²) < 4.78 is 0. The van der Waals surface area contributed by atoms with E-state index in [1.54, 1.807) is 25.4 Å². The Morgan fingerprint density at radius 2 is 2.06 bits per heavy atom. The van der Waals surface area contributed by atoms with Crippen LogP contribution in [-0.2, 0) is 11.2 Å². The number of carbonyl (C=O) groups excluding carboxylic acids is 1. The van der Waals surface area contributed by atoms with Crippen LogP contribution in [0, 0.1) is 6.92 Å². The monoisotopic (exact) mass is 451 g/mol. The lowest BCUT2D eigenvalue weighted by atomic mass is 10.1. The number of carbonyl (C=O) groups is 1. The molecule has 32 heavy (non-hydrogen) atoms. The number of hydrogen-bond acceptors (Lipinski definition) is 5. The summed E-state index contributed by atoms with van der Waals surface area (Å²) in [5.41, 5.74) is 2.40. The number of nitrogens with one attached hydrogen (secondary N) is 2. The molecular weight excluding hydrogens is 426 g/mol. The van der Waals surface area contributed by atoms with E-state index in [9.17, 15) is 9.59 Å². The van der Waals surface area contributed by atoms with E-state index in [1.807, 2.05) is 30.3 Å². The predicted octanol–water partition coefficient (Wildman–Crippen LogP) is 3.29. The lowest BCUT2D eigenvalue weighted by Gasteiger charge is -2.28. The molecular formula is C24H26ClN5O2. The summed E-state index contributed by atoms with van der Waals surface area (Å²) >= 11 is 6.20. The molecule has 166 valence electrons. The maximum absolute atomic E-state index is 12.7. The second kappa shape index (κ2) is 10.1. The number of halogens is 1. The zero-order valence-corrected chi connectivity index (χ0v) is 18.7. The Morgan fingerprint density at radius 1 is 1.25 bits per heavy atom. The van der Waals surface area contributed by atoms with Gasteiger partial charge < -0.3 is 10.3 Å². The maximum Gasteiger partial charge on any atom is 0.255 e. The third-order valence-electron chi connectivity index (χ3n) is 5.80. The number of amides is 1. The van der Waals surface area contributed by atoms with Crippen LogP contribution in [0.4, 0.5) is 0 Å². The fourth-order valence-corrected chi connectivity index (χ4v) is 4.32. The number of rotatable bonds is 7. The summed E-state index contributed by atoms with van der Waals surface area (Å²) in [6.07, 6.45) is 5.57. The molecule has 0 aliphatic carbocycles. The van der Waals surface area contributed by atoms with E-state index in [2.05, 4.69) is 25.2 Å². The fourth-order valence-electron chi connectivity index (χ4n) is 4.12. The van der Waals surface area contributed by atoms with Gasteiger partial charge in [0.1, 0.15) is 5.82 Å². The molecule has 1 atom stereocenters. The second-order valence-electron chi connectivity index (χ2n) is 8.01. The molecule has 0 bridgehead atoms. The van der Waals surface area contributed by atoms with Crippen LogP contribution in [0.2, 0.25) is 5.02 Å². The minimum absolute atomic E-state index is 0.0241. The highest BCUT2D eigenvalue weighted by Crippen LogP contribution is 2.26. The number of benzene rings is 1. The summed E-state index contributed by atoms with van der Waals surface area (Å²) in [5.74, 6) is 0.237. The number of nitrogens with zero attached hydrogens (tertiary/aromatic N) is 3. The average Bonchev–Trinajstić information content (AvgIpc) is 3.31. The minimum atomic E-state index is -0.308. The van der Waals surface area contributed by atoms with E-state index in [1.165, 1.54) is 0 Å². The van der Waals surface area contributed by atoms with E-state index in [4.69, 9.17) is 11.6 Å². The van der Waals surface area contributed by atoms with E-state index >= 15 is 0 Å². The first-order chi connectivity index (χ1) is 15.5. The number of aromatic nitrogens is 3. The standard InChI is InChI=1S/C24H26ClN5O2/c1-16-20(24(32)29-23(28-16)18-7-5-9-26-14-18)13-22(31)27-15-21(30-10-2-3-11-30)17-6-4-8-19(25)12-17/h4-9,12,14,21H,2-3,10-11,13,15H2,1H3,(H,27,31)(H,28,29,32). The highest BCUT2D eigenvalue weighted by atomic mass is 35.5. The van der Waals surface area contributed by atoms with Crippen molar-refractivity contribution in [2.24, 2.45) is 0 Å². The molecule has 1 unspecified atom stereocenters. The van der Waals surface area contributed by atoms with Gasteiger partial charge in [-0.05, 0) is 62.7 Å². The molecule has 1 fully saturated rings. The largest absolute Gasteiger partial charge is 0.354 e. The number of H-pyrrole nitrogens is 1. The molecule has 1 amide bonds. The fraction of sp³-hybridized carbons (Fsp3) is 0.333. The first kappa shape index (κ1) is 22.2. The highest BCUT2D eigenvalue weighted by Gasteiger charge is 2.24. The topological polar surface area (TPSA) is 91.0 Å². The van der Waals surface area contributed by atoms with Crippen LogP contribution in [0.25, 0.3) is 11.4 Å². The number of aryl methyl sites for hydroxylation is 1. The SMILES string of the molecule is Cc1nc(-c2cccnc2)[nH]c(=O)c1CC(=O)NCC(c1cccc(Cl)c1)N1CCCC1. The molecule has 8 heteroatoms. The molecule has 3 aromatic rings. The van der Waals surface area contributed by atoms with Gasteiger partial charge in [-0.1, -0.05) is 23.7 Å². The molecule has 1 saturated heterocycles. The van der Waals surface area contributed by atoms with E-state index in [0.717, 1.165) is 37.1 Å². The van der Waals surface area contributed by atoms with Crippen molar-refractivity contribution in [1.29, 1.82) is 0 Å². The average molecular weight is 452 g/mol. The molecule has 2 aromatic heterocycles. The van der Waals surface area contributed by atoms with Crippen LogP contribution >= 0.6 is 11.6 Å². The Kier molecular flexibility index (Phi) is 6.97. The third-order valence-corrected chi connectivity index (χ3v) is 6.04. The van der Waals surface area contributed by atoms with Crippen molar-refractivity contribution in [3.05, 3.63) is 81.0 Å². The third kappa shape index (κ3) is 5.23. The van der Waals surface area contributed by atoms with Gasteiger partial charge in [0, 0.05) is 40.8 Å². The van der Waals surface area contributed by atoms with Crippen molar-refractivity contribution in [3.8, 4) is 11.4 Å². The second-order valence-corrected chi connectivity index (χ2v) is 8.45. The van der Waals surface area contributed by atoms with Crippen molar-refractivity contribution in [1.82, 2.24) is 25.2 Å². The van der Waals surface area contributed by atoms with Crippen molar-refractivity contribution in [2.45, 2.75) is 32.2 Å².